The van der Waals surface area contributed by atoms with Gasteiger partial charge in [0.05, 0.1) is 18.8 Å². The number of ether oxygens (including phenoxy) is 1. The summed E-state index contributed by atoms with van der Waals surface area (Å²) in [5, 5.41) is 4.79. The first-order chi connectivity index (χ1) is 11.8. The van der Waals surface area contributed by atoms with E-state index in [2.05, 4.69) is 10.00 Å². The van der Waals surface area contributed by atoms with E-state index in [1.54, 1.807) is 18.3 Å². The summed E-state index contributed by atoms with van der Waals surface area (Å²) in [7, 11) is 0. The molecule has 0 bridgehead atoms. The number of unbranched alkanes of at least 4 members (excludes halogenated alkanes) is 1. The standard InChI is InChI=1S/C18H22ClN3O2/c19-17-6-2-1-5-15(17)16-7-8-20-22(18(16)23)10-4-3-9-21-11-13-24-14-12-21/h1-2,5-8H,3-4,9-14H2. The van der Waals surface area contributed by atoms with Gasteiger partial charge in [-0.3, -0.25) is 9.69 Å². The first-order valence-electron chi connectivity index (χ1n) is 8.37. The molecule has 1 aromatic heterocycles. The molecule has 0 saturated carbocycles. The van der Waals surface area contributed by atoms with Crippen LogP contribution in [0.3, 0.4) is 0 Å². The smallest absolute Gasteiger partial charge is 0.274 e. The molecule has 6 heteroatoms. The Kier molecular flexibility index (Phi) is 6.01. The number of nitrogens with zero attached hydrogens (tertiary/aromatic N) is 3. The van der Waals surface area contributed by atoms with Gasteiger partial charge >= 0.3 is 0 Å². The van der Waals surface area contributed by atoms with Crippen molar-refractivity contribution >= 4 is 11.6 Å². The lowest BCUT2D eigenvalue weighted by Crippen LogP contribution is -2.37. The highest BCUT2D eigenvalue weighted by molar-refractivity contribution is 6.33. The first-order valence-corrected chi connectivity index (χ1v) is 8.74. The molecular formula is C18H22ClN3O2. The molecule has 1 aliphatic heterocycles. The van der Waals surface area contributed by atoms with Crippen LogP contribution in [0, 0.1) is 0 Å². The number of halogens is 1. The van der Waals surface area contributed by atoms with Crippen molar-refractivity contribution in [3.8, 4) is 11.1 Å². The Morgan fingerprint density at radius 3 is 2.58 bits per heavy atom. The molecular weight excluding hydrogens is 326 g/mol. The van der Waals surface area contributed by atoms with E-state index in [0.29, 0.717) is 17.1 Å². The zero-order valence-corrected chi connectivity index (χ0v) is 14.4. The van der Waals surface area contributed by atoms with Crippen LogP contribution in [0.15, 0.2) is 41.3 Å². The molecule has 128 valence electrons. The van der Waals surface area contributed by atoms with Crippen molar-refractivity contribution in [2.45, 2.75) is 19.4 Å². The molecule has 1 aliphatic rings. The van der Waals surface area contributed by atoms with E-state index in [1.165, 1.54) is 4.68 Å². The van der Waals surface area contributed by atoms with Gasteiger partial charge in [0.15, 0.2) is 0 Å². The molecule has 0 amide bonds. The van der Waals surface area contributed by atoms with Gasteiger partial charge in [0.2, 0.25) is 0 Å². The van der Waals surface area contributed by atoms with E-state index < -0.39 is 0 Å². The van der Waals surface area contributed by atoms with Gasteiger partial charge in [-0.2, -0.15) is 5.10 Å². The van der Waals surface area contributed by atoms with Crippen molar-refractivity contribution < 1.29 is 4.74 Å². The van der Waals surface area contributed by atoms with Gasteiger partial charge in [0, 0.05) is 36.4 Å². The maximum absolute atomic E-state index is 12.6. The zero-order chi connectivity index (χ0) is 16.8. The number of aryl methyl sites for hydroxylation is 1. The van der Waals surface area contributed by atoms with E-state index in [9.17, 15) is 4.79 Å². The predicted octanol–water partition coefficient (Wildman–Crippen LogP) is 2.68. The molecule has 3 rings (SSSR count). The molecule has 5 nitrogen and oxygen atoms in total. The topological polar surface area (TPSA) is 47.4 Å². The molecule has 0 atom stereocenters. The second kappa shape index (κ2) is 8.42. The molecule has 0 unspecified atom stereocenters. The Morgan fingerprint density at radius 1 is 1.04 bits per heavy atom. The molecule has 0 radical (unpaired) electrons. The summed E-state index contributed by atoms with van der Waals surface area (Å²) in [5.74, 6) is 0. The summed E-state index contributed by atoms with van der Waals surface area (Å²) in [6.45, 7) is 5.31. The monoisotopic (exact) mass is 347 g/mol. The third-order valence-corrected chi connectivity index (χ3v) is 4.60. The summed E-state index contributed by atoms with van der Waals surface area (Å²) < 4.78 is 6.89. The highest BCUT2D eigenvalue weighted by atomic mass is 35.5. The van der Waals surface area contributed by atoms with Crippen molar-refractivity contribution in [2.75, 3.05) is 32.8 Å². The first kappa shape index (κ1) is 17.1. The molecule has 1 fully saturated rings. The number of benzene rings is 1. The zero-order valence-electron chi connectivity index (χ0n) is 13.7. The second-order valence-corrected chi connectivity index (χ2v) is 6.32. The van der Waals surface area contributed by atoms with E-state index in [0.717, 1.165) is 51.3 Å². The van der Waals surface area contributed by atoms with Gasteiger partial charge in [-0.15, -0.1) is 0 Å². The molecule has 2 heterocycles. The lowest BCUT2D eigenvalue weighted by Gasteiger charge is -2.26. The van der Waals surface area contributed by atoms with Crippen LogP contribution in [-0.4, -0.2) is 47.5 Å². The van der Waals surface area contributed by atoms with Crippen LogP contribution in [0.1, 0.15) is 12.8 Å². The summed E-state index contributed by atoms with van der Waals surface area (Å²) in [6, 6.07) is 9.13. The normalized spacial score (nSPS) is 15.5. The van der Waals surface area contributed by atoms with Gasteiger partial charge in [-0.25, -0.2) is 4.68 Å². The average molecular weight is 348 g/mol. The number of morpholine rings is 1. The quantitative estimate of drug-likeness (QED) is 0.754. The maximum atomic E-state index is 12.6. The number of hydrogen-bond acceptors (Lipinski definition) is 4. The van der Waals surface area contributed by atoms with Crippen LogP contribution in [-0.2, 0) is 11.3 Å². The van der Waals surface area contributed by atoms with Crippen LogP contribution in [0.4, 0.5) is 0 Å². The van der Waals surface area contributed by atoms with Crippen molar-refractivity contribution in [3.05, 3.63) is 51.9 Å². The average Bonchev–Trinajstić information content (AvgIpc) is 2.62. The minimum Gasteiger partial charge on any atom is -0.379 e. The molecule has 0 aliphatic carbocycles. The van der Waals surface area contributed by atoms with Crippen LogP contribution >= 0.6 is 11.6 Å². The fourth-order valence-corrected chi connectivity index (χ4v) is 3.15. The Labute approximate surface area is 146 Å². The van der Waals surface area contributed by atoms with Gasteiger partial charge in [-0.05, 0) is 31.5 Å². The Bertz CT molecular complexity index is 726. The van der Waals surface area contributed by atoms with E-state index in [4.69, 9.17) is 16.3 Å². The van der Waals surface area contributed by atoms with Crippen molar-refractivity contribution in [1.29, 1.82) is 0 Å². The molecule has 2 aromatic rings. The Hall–Kier alpha value is -1.69. The SMILES string of the molecule is O=c1c(-c2ccccc2Cl)ccnn1CCCCN1CCOCC1. The Balaban J connectivity index is 1.61. The molecule has 0 spiro atoms. The van der Waals surface area contributed by atoms with Gasteiger partial charge in [-0.1, -0.05) is 29.8 Å². The fourth-order valence-electron chi connectivity index (χ4n) is 2.92. The summed E-state index contributed by atoms with van der Waals surface area (Å²) in [6.07, 6.45) is 3.64. The molecule has 24 heavy (non-hydrogen) atoms. The van der Waals surface area contributed by atoms with Crippen molar-refractivity contribution in [2.24, 2.45) is 0 Å². The summed E-state index contributed by atoms with van der Waals surface area (Å²) in [5.41, 5.74) is 1.27. The summed E-state index contributed by atoms with van der Waals surface area (Å²) in [4.78, 5) is 15.0. The van der Waals surface area contributed by atoms with E-state index in [-0.39, 0.29) is 5.56 Å². The van der Waals surface area contributed by atoms with Gasteiger partial charge in [0.1, 0.15) is 0 Å². The Morgan fingerprint density at radius 2 is 1.79 bits per heavy atom. The third kappa shape index (κ3) is 4.23. The van der Waals surface area contributed by atoms with Crippen molar-refractivity contribution in [3.63, 3.8) is 0 Å². The van der Waals surface area contributed by atoms with Gasteiger partial charge < -0.3 is 4.74 Å². The lowest BCUT2D eigenvalue weighted by molar-refractivity contribution is 0.0370. The largest absolute Gasteiger partial charge is 0.379 e. The molecule has 1 aromatic carbocycles. The lowest BCUT2D eigenvalue weighted by atomic mass is 10.1. The molecule has 0 N–H and O–H groups in total. The second-order valence-electron chi connectivity index (χ2n) is 5.91. The van der Waals surface area contributed by atoms with E-state index in [1.807, 2.05) is 18.2 Å². The van der Waals surface area contributed by atoms with Crippen molar-refractivity contribution in [1.82, 2.24) is 14.7 Å². The number of hydrogen-bond donors (Lipinski definition) is 0. The number of rotatable bonds is 6. The number of aromatic nitrogens is 2. The van der Waals surface area contributed by atoms with Crippen LogP contribution in [0.25, 0.3) is 11.1 Å². The third-order valence-electron chi connectivity index (χ3n) is 4.27. The van der Waals surface area contributed by atoms with Crippen LogP contribution < -0.4 is 5.56 Å². The highest BCUT2D eigenvalue weighted by Crippen LogP contribution is 2.24. The summed E-state index contributed by atoms with van der Waals surface area (Å²) >= 11 is 6.21. The van der Waals surface area contributed by atoms with Crippen LogP contribution in [0.2, 0.25) is 5.02 Å². The molecule has 1 saturated heterocycles. The maximum Gasteiger partial charge on any atom is 0.274 e. The van der Waals surface area contributed by atoms with Gasteiger partial charge in [0.25, 0.3) is 5.56 Å². The predicted molar refractivity (Wildman–Crippen MR) is 95.4 cm³/mol. The minimum absolute atomic E-state index is 0.0861. The minimum atomic E-state index is -0.0861. The van der Waals surface area contributed by atoms with E-state index >= 15 is 0 Å². The van der Waals surface area contributed by atoms with Crippen LogP contribution in [0.5, 0.6) is 0 Å². The fraction of sp³-hybridized carbons (Fsp3) is 0.444. The highest BCUT2D eigenvalue weighted by Gasteiger charge is 2.11.